The number of rotatable bonds is 5. The summed E-state index contributed by atoms with van der Waals surface area (Å²) in [4.78, 5) is 14.5. The summed E-state index contributed by atoms with van der Waals surface area (Å²) in [5.41, 5.74) is 1.68. The Labute approximate surface area is 146 Å². The highest BCUT2D eigenvalue weighted by molar-refractivity contribution is 9.10. The molecule has 0 bridgehead atoms. The molecule has 0 spiro atoms. The van der Waals surface area contributed by atoms with Gasteiger partial charge in [-0.3, -0.25) is 4.79 Å². The van der Waals surface area contributed by atoms with E-state index < -0.39 is 0 Å². The minimum atomic E-state index is -0.0346. The number of halogens is 3. The van der Waals surface area contributed by atoms with Gasteiger partial charge in [0, 0.05) is 27.9 Å². The van der Waals surface area contributed by atoms with E-state index in [1.165, 1.54) is 0 Å². The fourth-order valence-electron chi connectivity index (χ4n) is 1.99. The Morgan fingerprint density at radius 3 is 2.52 bits per heavy atom. The third-order valence-corrected chi connectivity index (χ3v) is 4.30. The van der Waals surface area contributed by atoms with Gasteiger partial charge in [0.05, 0.1) is 5.56 Å². The average molecular weight is 432 g/mol. The van der Waals surface area contributed by atoms with Gasteiger partial charge in [0.2, 0.25) is 0 Å². The molecule has 1 amide bonds. The molecule has 21 heavy (non-hydrogen) atoms. The summed E-state index contributed by atoms with van der Waals surface area (Å²) in [6, 6.07) is 15.2. The normalized spacial score (nSPS) is 10.4. The first kappa shape index (κ1) is 16.5. The first-order chi connectivity index (χ1) is 10.1. The van der Waals surface area contributed by atoms with Crippen LogP contribution in [-0.2, 0) is 6.54 Å². The zero-order chi connectivity index (χ0) is 15.2. The standard InChI is InChI=1S/C16H14Br2ClNO/c17-8-9-20(11-12-4-2-1-3-5-12)16(21)14-10-13(19)6-7-15(14)18/h1-7,10H,8-9,11H2. The Kier molecular flexibility index (Phi) is 6.27. The molecule has 0 aliphatic heterocycles. The number of carbonyl (C=O) groups excluding carboxylic acids is 1. The maximum atomic E-state index is 12.7. The highest BCUT2D eigenvalue weighted by Crippen LogP contribution is 2.23. The van der Waals surface area contributed by atoms with Crippen LogP contribution < -0.4 is 0 Å². The summed E-state index contributed by atoms with van der Waals surface area (Å²) in [5, 5.41) is 1.28. The summed E-state index contributed by atoms with van der Waals surface area (Å²) in [6.07, 6.45) is 0. The first-order valence-electron chi connectivity index (χ1n) is 6.46. The lowest BCUT2D eigenvalue weighted by Crippen LogP contribution is -2.32. The van der Waals surface area contributed by atoms with Crippen molar-refractivity contribution in [3.8, 4) is 0 Å². The van der Waals surface area contributed by atoms with Gasteiger partial charge in [0.25, 0.3) is 5.91 Å². The number of benzene rings is 2. The van der Waals surface area contributed by atoms with E-state index in [9.17, 15) is 4.79 Å². The van der Waals surface area contributed by atoms with E-state index in [-0.39, 0.29) is 5.91 Å². The van der Waals surface area contributed by atoms with Gasteiger partial charge in [-0.1, -0.05) is 57.9 Å². The Morgan fingerprint density at radius 2 is 1.86 bits per heavy atom. The molecule has 0 atom stereocenters. The third kappa shape index (κ3) is 4.56. The van der Waals surface area contributed by atoms with Gasteiger partial charge in [0.1, 0.15) is 0 Å². The van der Waals surface area contributed by atoms with Gasteiger partial charge in [-0.2, -0.15) is 0 Å². The molecule has 0 radical (unpaired) electrons. The van der Waals surface area contributed by atoms with Crippen molar-refractivity contribution in [2.45, 2.75) is 6.54 Å². The minimum absolute atomic E-state index is 0.0346. The number of amides is 1. The molecule has 0 unspecified atom stereocenters. The van der Waals surface area contributed by atoms with E-state index in [0.717, 1.165) is 15.4 Å². The average Bonchev–Trinajstić information content (AvgIpc) is 2.49. The molecule has 2 nitrogen and oxygen atoms in total. The maximum Gasteiger partial charge on any atom is 0.255 e. The predicted octanol–water partition coefficient (Wildman–Crippen LogP) is 5.14. The summed E-state index contributed by atoms with van der Waals surface area (Å²) in [5.74, 6) is -0.0346. The lowest BCUT2D eigenvalue weighted by molar-refractivity contribution is 0.0754. The highest BCUT2D eigenvalue weighted by Gasteiger charge is 2.18. The van der Waals surface area contributed by atoms with Gasteiger partial charge in [-0.15, -0.1) is 0 Å². The van der Waals surface area contributed by atoms with Crippen LogP contribution in [0.25, 0.3) is 0 Å². The molecule has 2 aromatic carbocycles. The Morgan fingerprint density at radius 1 is 1.14 bits per heavy atom. The van der Waals surface area contributed by atoms with Crippen molar-refractivity contribution in [3.63, 3.8) is 0 Å². The molecule has 2 aromatic rings. The molecule has 110 valence electrons. The van der Waals surface area contributed by atoms with E-state index in [4.69, 9.17) is 11.6 Å². The predicted molar refractivity (Wildman–Crippen MR) is 94.1 cm³/mol. The monoisotopic (exact) mass is 429 g/mol. The highest BCUT2D eigenvalue weighted by atomic mass is 79.9. The van der Waals surface area contributed by atoms with Crippen LogP contribution in [0, 0.1) is 0 Å². The van der Waals surface area contributed by atoms with Crippen molar-refractivity contribution >= 4 is 49.4 Å². The number of hydrogen-bond donors (Lipinski definition) is 0. The first-order valence-corrected chi connectivity index (χ1v) is 8.75. The SMILES string of the molecule is O=C(c1cc(Cl)ccc1Br)N(CCBr)Cc1ccccc1. The summed E-state index contributed by atoms with van der Waals surface area (Å²) in [6.45, 7) is 1.21. The number of nitrogens with zero attached hydrogens (tertiary/aromatic N) is 1. The van der Waals surface area contributed by atoms with Crippen LogP contribution >= 0.6 is 43.5 Å². The van der Waals surface area contributed by atoms with E-state index >= 15 is 0 Å². The maximum absolute atomic E-state index is 12.7. The van der Waals surface area contributed by atoms with Crippen molar-refractivity contribution in [3.05, 3.63) is 69.2 Å². The Hall–Kier alpha value is -0.840. The lowest BCUT2D eigenvalue weighted by Gasteiger charge is -2.22. The van der Waals surface area contributed by atoms with Crippen LogP contribution in [0.4, 0.5) is 0 Å². The number of carbonyl (C=O) groups is 1. The molecule has 0 aliphatic carbocycles. The molecular weight excluding hydrogens is 417 g/mol. The van der Waals surface area contributed by atoms with Crippen molar-refractivity contribution in [2.24, 2.45) is 0 Å². The molecule has 0 saturated carbocycles. The Bertz CT molecular complexity index is 619. The fraction of sp³-hybridized carbons (Fsp3) is 0.188. The van der Waals surface area contributed by atoms with Gasteiger partial charge in [-0.25, -0.2) is 0 Å². The molecular formula is C16H14Br2ClNO. The summed E-state index contributed by atoms with van der Waals surface area (Å²) in [7, 11) is 0. The largest absolute Gasteiger partial charge is 0.333 e. The number of alkyl halides is 1. The molecule has 0 N–H and O–H groups in total. The summed E-state index contributed by atoms with van der Waals surface area (Å²) < 4.78 is 0.754. The topological polar surface area (TPSA) is 20.3 Å². The van der Waals surface area contributed by atoms with Crippen LogP contribution in [0.15, 0.2) is 53.0 Å². The molecule has 2 rings (SSSR count). The van der Waals surface area contributed by atoms with Gasteiger partial charge < -0.3 is 4.90 Å². The van der Waals surface area contributed by atoms with Gasteiger partial charge >= 0.3 is 0 Å². The number of hydrogen-bond acceptors (Lipinski definition) is 1. The van der Waals surface area contributed by atoms with Crippen molar-refractivity contribution < 1.29 is 4.79 Å². The van der Waals surface area contributed by atoms with Crippen molar-refractivity contribution in [1.29, 1.82) is 0 Å². The zero-order valence-electron chi connectivity index (χ0n) is 11.2. The Balaban J connectivity index is 2.25. The van der Waals surface area contributed by atoms with Crippen LogP contribution in [0.2, 0.25) is 5.02 Å². The molecule has 0 heterocycles. The molecule has 0 saturated heterocycles. The second-order valence-electron chi connectivity index (χ2n) is 4.53. The minimum Gasteiger partial charge on any atom is -0.333 e. The van der Waals surface area contributed by atoms with Crippen LogP contribution in [-0.4, -0.2) is 22.7 Å². The van der Waals surface area contributed by atoms with Crippen LogP contribution in [0.5, 0.6) is 0 Å². The van der Waals surface area contributed by atoms with Gasteiger partial charge in [0.15, 0.2) is 0 Å². The van der Waals surface area contributed by atoms with Crippen LogP contribution in [0.1, 0.15) is 15.9 Å². The molecule has 5 heteroatoms. The van der Waals surface area contributed by atoms with E-state index in [1.807, 2.05) is 30.3 Å². The summed E-state index contributed by atoms with van der Waals surface area (Å²) >= 11 is 12.8. The molecule has 0 aliphatic rings. The van der Waals surface area contributed by atoms with Crippen molar-refractivity contribution in [1.82, 2.24) is 4.90 Å². The smallest absolute Gasteiger partial charge is 0.255 e. The molecule has 0 fully saturated rings. The van der Waals surface area contributed by atoms with Crippen LogP contribution in [0.3, 0.4) is 0 Å². The second-order valence-corrected chi connectivity index (χ2v) is 6.61. The third-order valence-electron chi connectivity index (χ3n) is 3.02. The van der Waals surface area contributed by atoms with Crippen molar-refractivity contribution in [2.75, 3.05) is 11.9 Å². The van der Waals surface area contributed by atoms with E-state index in [1.54, 1.807) is 23.1 Å². The quantitative estimate of drug-likeness (QED) is 0.601. The van der Waals surface area contributed by atoms with E-state index in [2.05, 4.69) is 31.9 Å². The van der Waals surface area contributed by atoms with Gasteiger partial charge in [-0.05, 0) is 39.7 Å². The molecule has 0 aromatic heterocycles. The fourth-order valence-corrected chi connectivity index (χ4v) is 3.01. The van der Waals surface area contributed by atoms with E-state index in [0.29, 0.717) is 23.7 Å². The zero-order valence-corrected chi connectivity index (χ0v) is 15.2. The lowest BCUT2D eigenvalue weighted by atomic mass is 10.1. The second kappa shape index (κ2) is 7.97.